The first-order chi connectivity index (χ1) is 10.9. The molecule has 126 valence electrons. The lowest BCUT2D eigenvalue weighted by Crippen LogP contribution is -2.41. The van der Waals surface area contributed by atoms with Crippen LogP contribution in [0.4, 0.5) is 4.79 Å². The SMILES string of the molecule is Cc1noc(C)c1CC(C)NC(=O)NCc1csc(C(C)C)n1. The summed E-state index contributed by atoms with van der Waals surface area (Å²) >= 11 is 1.63. The first-order valence-electron chi connectivity index (χ1n) is 7.77. The predicted molar refractivity (Wildman–Crippen MR) is 90.7 cm³/mol. The van der Waals surface area contributed by atoms with Crippen molar-refractivity contribution in [3.05, 3.63) is 33.1 Å². The van der Waals surface area contributed by atoms with Crippen LogP contribution in [0.5, 0.6) is 0 Å². The van der Waals surface area contributed by atoms with E-state index in [2.05, 4.69) is 34.6 Å². The van der Waals surface area contributed by atoms with Gasteiger partial charge in [0.25, 0.3) is 0 Å². The van der Waals surface area contributed by atoms with Gasteiger partial charge < -0.3 is 15.2 Å². The number of nitrogens with one attached hydrogen (secondary N) is 2. The van der Waals surface area contributed by atoms with E-state index < -0.39 is 0 Å². The number of rotatable bonds is 6. The Morgan fingerprint density at radius 3 is 2.65 bits per heavy atom. The fraction of sp³-hybridized carbons (Fsp3) is 0.562. The number of carbonyl (C=O) groups is 1. The summed E-state index contributed by atoms with van der Waals surface area (Å²) in [6.45, 7) is 10.4. The number of urea groups is 1. The maximum absolute atomic E-state index is 12.0. The number of nitrogens with zero attached hydrogens (tertiary/aromatic N) is 2. The molecule has 7 heteroatoms. The highest BCUT2D eigenvalue weighted by Gasteiger charge is 2.15. The Hall–Kier alpha value is -1.89. The molecule has 2 N–H and O–H groups in total. The quantitative estimate of drug-likeness (QED) is 0.848. The zero-order valence-electron chi connectivity index (χ0n) is 14.3. The van der Waals surface area contributed by atoms with Gasteiger partial charge in [-0.05, 0) is 27.2 Å². The van der Waals surface area contributed by atoms with Crippen molar-refractivity contribution in [1.29, 1.82) is 0 Å². The van der Waals surface area contributed by atoms with Gasteiger partial charge in [0.05, 0.1) is 22.9 Å². The predicted octanol–water partition coefficient (Wildman–Crippen LogP) is 3.30. The van der Waals surface area contributed by atoms with Gasteiger partial charge in [-0.1, -0.05) is 19.0 Å². The highest BCUT2D eigenvalue weighted by Crippen LogP contribution is 2.19. The fourth-order valence-corrected chi connectivity index (χ4v) is 3.10. The highest BCUT2D eigenvalue weighted by molar-refractivity contribution is 7.09. The van der Waals surface area contributed by atoms with Crippen LogP contribution in [0.3, 0.4) is 0 Å². The lowest BCUT2D eigenvalue weighted by Gasteiger charge is -2.14. The van der Waals surface area contributed by atoms with Crippen molar-refractivity contribution in [2.45, 2.75) is 59.5 Å². The first kappa shape index (κ1) is 17.5. The van der Waals surface area contributed by atoms with Crippen LogP contribution < -0.4 is 10.6 Å². The smallest absolute Gasteiger partial charge is 0.315 e. The summed E-state index contributed by atoms with van der Waals surface area (Å²) in [5.74, 6) is 1.22. The summed E-state index contributed by atoms with van der Waals surface area (Å²) in [6, 6.07) is -0.197. The molecule has 2 heterocycles. The highest BCUT2D eigenvalue weighted by atomic mass is 32.1. The molecule has 2 rings (SSSR count). The van der Waals surface area contributed by atoms with E-state index in [-0.39, 0.29) is 12.1 Å². The molecule has 0 aliphatic heterocycles. The molecule has 0 saturated carbocycles. The average molecular weight is 336 g/mol. The Labute approximate surface area is 140 Å². The largest absolute Gasteiger partial charge is 0.361 e. The molecule has 0 radical (unpaired) electrons. The van der Waals surface area contributed by atoms with Gasteiger partial charge in [0, 0.05) is 22.9 Å². The van der Waals surface area contributed by atoms with E-state index in [1.807, 2.05) is 26.2 Å². The van der Waals surface area contributed by atoms with Gasteiger partial charge in [0.2, 0.25) is 0 Å². The Kier molecular flexibility index (Phi) is 5.76. The van der Waals surface area contributed by atoms with E-state index >= 15 is 0 Å². The van der Waals surface area contributed by atoms with Crippen molar-refractivity contribution in [1.82, 2.24) is 20.8 Å². The molecule has 1 atom stereocenters. The van der Waals surface area contributed by atoms with E-state index in [0.29, 0.717) is 18.9 Å². The second kappa shape index (κ2) is 7.59. The van der Waals surface area contributed by atoms with Gasteiger partial charge in [-0.15, -0.1) is 11.3 Å². The average Bonchev–Trinajstić information content (AvgIpc) is 3.07. The van der Waals surface area contributed by atoms with Crippen LogP contribution >= 0.6 is 11.3 Å². The van der Waals surface area contributed by atoms with Crippen molar-refractivity contribution in [3.63, 3.8) is 0 Å². The number of amides is 2. The molecule has 23 heavy (non-hydrogen) atoms. The number of aromatic nitrogens is 2. The van der Waals surface area contributed by atoms with E-state index in [9.17, 15) is 4.79 Å². The summed E-state index contributed by atoms with van der Waals surface area (Å²) in [4.78, 5) is 16.5. The fourth-order valence-electron chi connectivity index (χ4n) is 2.27. The molecule has 2 aromatic heterocycles. The second-order valence-corrected chi connectivity index (χ2v) is 6.96. The third-order valence-electron chi connectivity index (χ3n) is 3.56. The maximum atomic E-state index is 12.0. The minimum atomic E-state index is -0.191. The van der Waals surface area contributed by atoms with Gasteiger partial charge in [0.15, 0.2) is 0 Å². The van der Waals surface area contributed by atoms with Crippen molar-refractivity contribution in [3.8, 4) is 0 Å². The molecule has 0 aromatic carbocycles. The molecule has 0 aliphatic rings. The summed E-state index contributed by atoms with van der Waals surface area (Å²) in [7, 11) is 0. The van der Waals surface area contributed by atoms with Crippen LogP contribution in [0, 0.1) is 13.8 Å². The zero-order chi connectivity index (χ0) is 17.0. The molecule has 0 fully saturated rings. The summed E-state index contributed by atoms with van der Waals surface area (Å²) in [5, 5.41) is 12.8. The summed E-state index contributed by atoms with van der Waals surface area (Å²) in [5.41, 5.74) is 2.83. The Morgan fingerprint density at radius 1 is 1.35 bits per heavy atom. The van der Waals surface area contributed by atoms with Crippen LogP contribution in [0.1, 0.15) is 54.4 Å². The maximum Gasteiger partial charge on any atom is 0.315 e. The van der Waals surface area contributed by atoms with E-state index in [0.717, 1.165) is 27.7 Å². The summed E-state index contributed by atoms with van der Waals surface area (Å²) in [6.07, 6.45) is 0.697. The van der Waals surface area contributed by atoms with E-state index in [4.69, 9.17) is 4.52 Å². The van der Waals surface area contributed by atoms with Crippen LogP contribution in [-0.2, 0) is 13.0 Å². The van der Waals surface area contributed by atoms with E-state index in [1.54, 1.807) is 11.3 Å². The molecule has 2 amide bonds. The van der Waals surface area contributed by atoms with Gasteiger partial charge in [0.1, 0.15) is 5.76 Å². The standard InChI is InChI=1S/C16H24N4O2S/c1-9(2)15-19-13(8-23-15)7-17-16(21)18-10(3)6-14-11(4)20-22-12(14)5/h8-10H,6-7H2,1-5H3,(H2,17,18,21). The van der Waals surface area contributed by atoms with Gasteiger partial charge in [-0.25, -0.2) is 9.78 Å². The second-order valence-electron chi connectivity index (χ2n) is 6.07. The Balaban J connectivity index is 1.79. The summed E-state index contributed by atoms with van der Waals surface area (Å²) < 4.78 is 5.14. The molecule has 0 aliphatic carbocycles. The Bertz CT molecular complexity index is 643. The lowest BCUT2D eigenvalue weighted by molar-refractivity contribution is 0.237. The van der Waals surface area contributed by atoms with Gasteiger partial charge >= 0.3 is 6.03 Å². The number of thiazole rings is 1. The van der Waals surface area contributed by atoms with Crippen molar-refractivity contribution < 1.29 is 9.32 Å². The third-order valence-corrected chi connectivity index (χ3v) is 4.76. The van der Waals surface area contributed by atoms with Crippen molar-refractivity contribution >= 4 is 17.4 Å². The van der Waals surface area contributed by atoms with E-state index in [1.165, 1.54) is 0 Å². The van der Waals surface area contributed by atoms with Gasteiger partial charge in [-0.3, -0.25) is 0 Å². The number of aryl methyl sites for hydroxylation is 2. The first-order valence-corrected chi connectivity index (χ1v) is 8.65. The Morgan fingerprint density at radius 2 is 2.09 bits per heavy atom. The molecule has 1 unspecified atom stereocenters. The molecule has 2 aromatic rings. The monoisotopic (exact) mass is 336 g/mol. The van der Waals surface area contributed by atoms with Crippen molar-refractivity contribution in [2.75, 3.05) is 0 Å². The molecular formula is C16H24N4O2S. The minimum absolute atomic E-state index is 0.00606. The normalized spacial score (nSPS) is 12.4. The topological polar surface area (TPSA) is 80.0 Å². The van der Waals surface area contributed by atoms with Crippen LogP contribution in [0.2, 0.25) is 0 Å². The van der Waals surface area contributed by atoms with Crippen LogP contribution in [0.25, 0.3) is 0 Å². The molecule has 6 nitrogen and oxygen atoms in total. The zero-order valence-corrected chi connectivity index (χ0v) is 15.1. The number of carbonyl (C=O) groups excluding carboxylic acids is 1. The number of hydrogen-bond acceptors (Lipinski definition) is 5. The lowest BCUT2D eigenvalue weighted by atomic mass is 10.1. The number of hydrogen-bond donors (Lipinski definition) is 2. The third kappa shape index (κ3) is 4.79. The van der Waals surface area contributed by atoms with Crippen LogP contribution in [-0.4, -0.2) is 22.2 Å². The molecular weight excluding hydrogens is 312 g/mol. The molecule has 0 spiro atoms. The minimum Gasteiger partial charge on any atom is -0.361 e. The molecule has 0 bridgehead atoms. The van der Waals surface area contributed by atoms with Crippen molar-refractivity contribution in [2.24, 2.45) is 0 Å². The van der Waals surface area contributed by atoms with Crippen LogP contribution in [0.15, 0.2) is 9.90 Å². The molecule has 0 saturated heterocycles. The van der Waals surface area contributed by atoms with Gasteiger partial charge in [-0.2, -0.15) is 0 Å².